The second-order valence-corrected chi connectivity index (χ2v) is 11.1. The fourth-order valence-corrected chi connectivity index (χ4v) is 4.93. The number of hydrogen-bond acceptors (Lipinski definition) is 5. The molecule has 0 bridgehead atoms. The first-order valence-electron chi connectivity index (χ1n) is 10.8. The number of hydrogen-bond donors (Lipinski definition) is 3. The number of carbonyl (C=O) groups is 1. The van der Waals surface area contributed by atoms with Crippen molar-refractivity contribution in [2.45, 2.75) is 76.9 Å². The van der Waals surface area contributed by atoms with Gasteiger partial charge >= 0.3 is 0 Å². The predicted octanol–water partition coefficient (Wildman–Crippen LogP) is 4.11. The van der Waals surface area contributed by atoms with Crippen LogP contribution in [0.2, 0.25) is 0 Å². The molecule has 2 rings (SSSR count). The lowest BCUT2D eigenvalue weighted by atomic mass is 9.85. The van der Waals surface area contributed by atoms with Gasteiger partial charge in [-0.1, -0.05) is 33.8 Å². The van der Waals surface area contributed by atoms with Gasteiger partial charge in [0.2, 0.25) is 0 Å². The molecule has 0 aromatic heterocycles. The molecule has 1 amide bonds. The van der Waals surface area contributed by atoms with Gasteiger partial charge in [0.1, 0.15) is 9.92 Å². The number of nitrogens with zero attached hydrogens (tertiary/aromatic N) is 2. The molecule has 0 spiro atoms. The maximum atomic E-state index is 13.2. The van der Waals surface area contributed by atoms with Gasteiger partial charge in [-0.2, -0.15) is 18.8 Å². The van der Waals surface area contributed by atoms with E-state index in [0.717, 1.165) is 16.7 Å². The number of nitriles is 1. The molecule has 2 aromatic carbocycles. The molecular weight excluding hydrogens is 470 g/mol. The average molecular weight is 506 g/mol. The van der Waals surface area contributed by atoms with Crippen LogP contribution in [0.4, 0.5) is 0 Å². The van der Waals surface area contributed by atoms with E-state index in [1.807, 2.05) is 27.7 Å². The van der Waals surface area contributed by atoms with E-state index in [1.54, 1.807) is 26.0 Å². The van der Waals surface area contributed by atoms with Crippen molar-refractivity contribution in [3.63, 3.8) is 0 Å². The Kier molecular flexibility index (Phi) is 10.1. The summed E-state index contributed by atoms with van der Waals surface area (Å²) in [5, 5.41) is 35.3. The highest BCUT2D eigenvalue weighted by atomic mass is 32.2. The van der Waals surface area contributed by atoms with Gasteiger partial charge in [-0.3, -0.25) is 4.79 Å². The molecule has 0 heterocycles. The third-order valence-electron chi connectivity index (χ3n) is 5.50. The van der Waals surface area contributed by atoms with Crippen LogP contribution >= 0.6 is 13.5 Å². The first-order valence-corrected chi connectivity index (χ1v) is 12.4. The van der Waals surface area contributed by atoms with Crippen LogP contribution in [-0.2, 0) is 33.3 Å². The fourth-order valence-electron chi connectivity index (χ4n) is 3.88. The fraction of sp³-hybridized carbons (Fsp3) is 0.440. The summed E-state index contributed by atoms with van der Waals surface area (Å²) in [6.07, 6.45) is -0.0878. The average Bonchev–Trinajstić information content (AvgIpc) is 2.71. The van der Waals surface area contributed by atoms with Gasteiger partial charge in [0.15, 0.2) is 0 Å². The molecule has 34 heavy (non-hydrogen) atoms. The van der Waals surface area contributed by atoms with Crippen molar-refractivity contribution >= 4 is 29.3 Å². The molecule has 0 saturated carbocycles. The van der Waals surface area contributed by atoms with Crippen molar-refractivity contribution in [2.24, 2.45) is 9.50 Å². The van der Waals surface area contributed by atoms with Crippen LogP contribution in [0.5, 0.6) is 0 Å². The number of amides is 1. The summed E-state index contributed by atoms with van der Waals surface area (Å²) in [5.74, 6) is -0.488. The summed E-state index contributed by atoms with van der Waals surface area (Å²) in [6.45, 7) is 10.7. The Morgan fingerprint density at radius 3 is 2.09 bits per heavy atom. The molecule has 1 atom stereocenters. The van der Waals surface area contributed by atoms with E-state index in [-0.39, 0.29) is 36.6 Å². The predicted molar refractivity (Wildman–Crippen MR) is 139 cm³/mol. The van der Waals surface area contributed by atoms with Crippen LogP contribution in [0, 0.1) is 11.3 Å². The molecule has 2 aromatic rings. The minimum atomic E-state index is -3.57. The Morgan fingerprint density at radius 2 is 1.68 bits per heavy atom. The summed E-state index contributed by atoms with van der Waals surface area (Å²) in [4.78, 5) is 13.0. The van der Waals surface area contributed by atoms with Crippen LogP contribution in [0.25, 0.3) is 0 Å². The SMILES string of the molecule is CC(C)c1cc(C#N)cc(C(C)C)c1CC(=O)N=S(N)(=O)c1ccc(C(C)(C)O)c(CO)c1.S. The highest BCUT2D eigenvalue weighted by Crippen LogP contribution is 2.31. The number of rotatable bonds is 7. The van der Waals surface area contributed by atoms with Crippen LogP contribution in [0.3, 0.4) is 0 Å². The molecule has 4 N–H and O–H groups in total. The van der Waals surface area contributed by atoms with Gasteiger partial charge in [-0.15, -0.1) is 4.36 Å². The first kappa shape index (κ1) is 29.8. The maximum absolute atomic E-state index is 13.2. The zero-order valence-electron chi connectivity index (χ0n) is 20.5. The zero-order valence-corrected chi connectivity index (χ0v) is 22.4. The van der Waals surface area contributed by atoms with E-state index in [9.17, 15) is 24.5 Å². The number of benzene rings is 2. The molecule has 0 saturated heterocycles. The van der Waals surface area contributed by atoms with E-state index in [2.05, 4.69) is 10.4 Å². The maximum Gasteiger partial charge on any atom is 0.259 e. The van der Waals surface area contributed by atoms with Gasteiger partial charge in [0.05, 0.1) is 35.2 Å². The van der Waals surface area contributed by atoms with Crippen molar-refractivity contribution in [1.29, 1.82) is 5.26 Å². The van der Waals surface area contributed by atoms with Crippen LogP contribution in [-0.4, -0.2) is 20.3 Å². The number of aliphatic hydroxyl groups excluding tert-OH is 1. The normalized spacial score (nSPS) is 13.2. The summed E-state index contributed by atoms with van der Waals surface area (Å²) in [7, 11) is -3.57. The Hall–Kier alpha value is -2.22. The standard InChI is InChI=1S/C25H33N3O4S.H2S/c1-15(2)20-9-17(13-26)10-21(16(3)4)22(20)12-24(30)28-33(27,32)19-7-8-23(25(5,6)31)18(11-19)14-29;/h7-11,15-16,29,31H,12,14H2,1-6H3,(H2,27,28,30,32);1H2. The highest BCUT2D eigenvalue weighted by molar-refractivity contribution is 7.91. The Labute approximate surface area is 209 Å². The topological polar surface area (TPSA) is 137 Å². The second-order valence-electron chi connectivity index (χ2n) is 9.32. The van der Waals surface area contributed by atoms with Crippen LogP contribution in [0.15, 0.2) is 39.6 Å². The van der Waals surface area contributed by atoms with E-state index in [0.29, 0.717) is 16.7 Å². The number of carbonyl (C=O) groups excluding carboxylic acids is 1. The lowest BCUT2D eigenvalue weighted by Crippen LogP contribution is -2.20. The van der Waals surface area contributed by atoms with Crippen LogP contribution in [0.1, 0.15) is 86.8 Å². The Morgan fingerprint density at radius 1 is 1.15 bits per heavy atom. The Balaban J connectivity index is 0.00000578. The minimum absolute atomic E-state index is 0. The third kappa shape index (κ3) is 6.90. The zero-order chi connectivity index (χ0) is 25.1. The van der Waals surface area contributed by atoms with Crippen molar-refractivity contribution < 1.29 is 19.2 Å². The number of nitrogens with two attached hydrogens (primary N) is 1. The largest absolute Gasteiger partial charge is 0.392 e. The van der Waals surface area contributed by atoms with E-state index < -0.39 is 28.0 Å². The quantitative estimate of drug-likeness (QED) is 0.520. The number of aliphatic hydroxyl groups is 2. The molecule has 9 heteroatoms. The van der Waals surface area contributed by atoms with E-state index in [1.165, 1.54) is 18.2 Å². The molecule has 1 unspecified atom stereocenters. The monoisotopic (exact) mass is 505 g/mol. The smallest absolute Gasteiger partial charge is 0.259 e. The van der Waals surface area contributed by atoms with Gasteiger partial charge in [0.25, 0.3) is 5.91 Å². The lowest BCUT2D eigenvalue weighted by Gasteiger charge is -2.22. The first-order chi connectivity index (χ1) is 15.2. The van der Waals surface area contributed by atoms with E-state index >= 15 is 0 Å². The lowest BCUT2D eigenvalue weighted by molar-refractivity contribution is -0.117. The molecule has 0 radical (unpaired) electrons. The summed E-state index contributed by atoms with van der Waals surface area (Å²) in [6, 6.07) is 10.1. The second kappa shape index (κ2) is 11.5. The van der Waals surface area contributed by atoms with E-state index in [4.69, 9.17) is 5.14 Å². The molecule has 0 aliphatic heterocycles. The molecular formula is C25H35N3O4S2. The van der Waals surface area contributed by atoms with Crippen LogP contribution < -0.4 is 5.14 Å². The Bertz CT molecular complexity index is 1190. The molecule has 186 valence electrons. The highest BCUT2D eigenvalue weighted by Gasteiger charge is 2.23. The summed E-state index contributed by atoms with van der Waals surface area (Å²) < 4.78 is 17.0. The van der Waals surface area contributed by atoms with Gasteiger partial charge < -0.3 is 10.2 Å². The van der Waals surface area contributed by atoms with Crippen molar-refractivity contribution in [3.8, 4) is 6.07 Å². The summed E-state index contributed by atoms with van der Waals surface area (Å²) >= 11 is 0. The molecule has 0 fully saturated rings. The van der Waals surface area contributed by atoms with Crippen molar-refractivity contribution in [1.82, 2.24) is 0 Å². The van der Waals surface area contributed by atoms with Crippen molar-refractivity contribution in [2.75, 3.05) is 0 Å². The van der Waals surface area contributed by atoms with Crippen molar-refractivity contribution in [3.05, 3.63) is 63.7 Å². The van der Waals surface area contributed by atoms with Gasteiger partial charge in [-0.25, -0.2) is 9.35 Å². The third-order valence-corrected chi connectivity index (χ3v) is 6.91. The molecule has 0 aliphatic rings. The van der Waals surface area contributed by atoms with Gasteiger partial charge in [-0.05, 0) is 77.8 Å². The van der Waals surface area contributed by atoms with Gasteiger partial charge in [0, 0.05) is 0 Å². The molecule has 0 aliphatic carbocycles. The molecule has 7 nitrogen and oxygen atoms in total. The summed E-state index contributed by atoms with van der Waals surface area (Å²) in [5.41, 5.74) is 2.67. The minimum Gasteiger partial charge on any atom is -0.392 e.